The molecule has 0 unspecified atom stereocenters. The second-order valence-electron chi connectivity index (χ2n) is 11.3. The number of carbonyl (C=O) groups excluding carboxylic acids is 2. The van der Waals surface area contributed by atoms with Crippen LogP contribution in [0.4, 0.5) is 8.78 Å². The monoisotopic (exact) mass is 548 g/mol. The van der Waals surface area contributed by atoms with E-state index in [-0.39, 0.29) is 35.0 Å². The molecule has 1 aromatic heterocycles. The van der Waals surface area contributed by atoms with Gasteiger partial charge in [0.1, 0.15) is 11.6 Å². The zero-order valence-corrected chi connectivity index (χ0v) is 22.3. The van der Waals surface area contributed by atoms with Crippen LogP contribution in [0.15, 0.2) is 59.1 Å². The molecular weight excluding hydrogens is 514 g/mol. The molecule has 1 saturated heterocycles. The van der Waals surface area contributed by atoms with E-state index in [0.29, 0.717) is 24.9 Å². The molecule has 2 heterocycles. The van der Waals surface area contributed by atoms with Crippen LogP contribution in [0.3, 0.4) is 0 Å². The van der Waals surface area contributed by atoms with Gasteiger partial charge in [0.25, 0.3) is 5.91 Å². The summed E-state index contributed by atoms with van der Waals surface area (Å²) in [5.74, 6) is -2.09. The normalized spacial score (nSPS) is 25.4. The van der Waals surface area contributed by atoms with Crippen molar-refractivity contribution in [1.29, 1.82) is 0 Å². The second-order valence-corrected chi connectivity index (χ2v) is 11.3. The molecule has 2 amide bonds. The average Bonchev–Trinajstić information content (AvgIpc) is 3.56. The van der Waals surface area contributed by atoms with Crippen molar-refractivity contribution in [3.8, 4) is 11.3 Å². The number of piperidine rings is 1. The van der Waals surface area contributed by atoms with Crippen LogP contribution < -0.4 is 10.6 Å². The van der Waals surface area contributed by atoms with Crippen LogP contribution in [-0.2, 0) is 4.79 Å². The summed E-state index contributed by atoms with van der Waals surface area (Å²) in [6, 6.07) is 14.9. The van der Waals surface area contributed by atoms with Crippen LogP contribution in [0.1, 0.15) is 66.9 Å². The van der Waals surface area contributed by atoms with Crippen molar-refractivity contribution in [3.05, 3.63) is 77.5 Å². The molecule has 9 heteroatoms. The van der Waals surface area contributed by atoms with Gasteiger partial charge in [-0.1, -0.05) is 54.8 Å². The molecule has 3 fully saturated rings. The molecule has 6 rings (SSSR count). The van der Waals surface area contributed by atoms with Gasteiger partial charge in [-0.15, -0.1) is 0 Å². The molecule has 4 atom stereocenters. The molecule has 2 saturated carbocycles. The minimum Gasteiger partial charge on any atom is -0.355 e. The molecule has 0 bridgehead atoms. The van der Waals surface area contributed by atoms with E-state index < -0.39 is 23.5 Å². The molecule has 210 valence electrons. The van der Waals surface area contributed by atoms with Crippen molar-refractivity contribution in [1.82, 2.24) is 20.7 Å². The van der Waals surface area contributed by atoms with E-state index in [1.165, 1.54) is 37.0 Å². The Kier molecular flexibility index (Phi) is 7.65. The van der Waals surface area contributed by atoms with Gasteiger partial charge in [0.15, 0.2) is 11.5 Å². The topological polar surface area (TPSA) is 87.5 Å². The lowest BCUT2D eigenvalue weighted by atomic mass is 9.87. The maximum Gasteiger partial charge on any atom is 0.273 e. The molecule has 1 aliphatic heterocycles. The fourth-order valence-electron chi connectivity index (χ4n) is 6.35. The fourth-order valence-corrected chi connectivity index (χ4v) is 6.35. The van der Waals surface area contributed by atoms with E-state index in [4.69, 9.17) is 4.52 Å². The molecule has 2 aliphatic carbocycles. The first kappa shape index (κ1) is 26.6. The van der Waals surface area contributed by atoms with Gasteiger partial charge in [-0.05, 0) is 43.4 Å². The summed E-state index contributed by atoms with van der Waals surface area (Å²) in [5.41, 5.74) is 1.23. The summed E-state index contributed by atoms with van der Waals surface area (Å²) in [4.78, 5) is 29.3. The van der Waals surface area contributed by atoms with E-state index in [0.717, 1.165) is 37.9 Å². The fraction of sp³-hybridized carbons (Fsp3) is 0.452. The summed E-state index contributed by atoms with van der Waals surface area (Å²) >= 11 is 0. The first-order valence-corrected chi connectivity index (χ1v) is 14.3. The number of carbonyl (C=O) groups is 2. The number of hydrogen-bond acceptors (Lipinski definition) is 5. The standard InChI is InChI=1S/C31H34F2N4O3/c32-20-11-12-22(25(33)15-20)29-17-28(36-40-29)31(39)34-26-13-14-37(21-9-5-2-6-10-21)18-24(26)30(38)35-27-16-23(27)19-7-3-1-4-8-19/h1,3-4,7-8,11-12,15,17,21,23-24,26-27H,2,5-6,9-10,13-14,16,18H2,(H,34,39)(H,35,38)/t23-,24+,26+,27+/m0/s1. The van der Waals surface area contributed by atoms with Crippen LogP contribution >= 0.6 is 0 Å². The Morgan fingerprint density at radius 3 is 2.50 bits per heavy atom. The molecule has 2 aromatic carbocycles. The number of amides is 2. The Balaban J connectivity index is 1.15. The van der Waals surface area contributed by atoms with E-state index >= 15 is 0 Å². The van der Waals surface area contributed by atoms with Crippen molar-refractivity contribution in [3.63, 3.8) is 0 Å². The summed E-state index contributed by atoms with van der Waals surface area (Å²) < 4.78 is 32.7. The highest BCUT2D eigenvalue weighted by Gasteiger charge is 2.43. The summed E-state index contributed by atoms with van der Waals surface area (Å²) in [6.07, 6.45) is 7.52. The zero-order chi connectivity index (χ0) is 27.6. The number of benzene rings is 2. The first-order chi connectivity index (χ1) is 19.5. The third-order valence-electron chi connectivity index (χ3n) is 8.67. The lowest BCUT2D eigenvalue weighted by Crippen LogP contribution is -2.58. The molecule has 40 heavy (non-hydrogen) atoms. The largest absolute Gasteiger partial charge is 0.355 e. The Bertz CT molecular complexity index is 1360. The first-order valence-electron chi connectivity index (χ1n) is 14.3. The van der Waals surface area contributed by atoms with Gasteiger partial charge in [0.2, 0.25) is 5.91 Å². The van der Waals surface area contributed by atoms with Crippen LogP contribution in [0.2, 0.25) is 0 Å². The third kappa shape index (κ3) is 5.80. The molecule has 0 spiro atoms. The SMILES string of the molecule is O=C(N[C@@H]1CCN(C2CCCCC2)C[C@H]1C(=O)N[C@@H]1C[C@H]1c1ccccc1)c1cc(-c2ccc(F)cc2F)on1. The number of halogens is 2. The highest BCUT2D eigenvalue weighted by Crippen LogP contribution is 2.41. The third-order valence-corrected chi connectivity index (χ3v) is 8.67. The minimum atomic E-state index is -0.802. The van der Waals surface area contributed by atoms with Crippen LogP contribution in [0.5, 0.6) is 0 Å². The highest BCUT2D eigenvalue weighted by molar-refractivity contribution is 5.94. The number of aromatic nitrogens is 1. The zero-order valence-electron chi connectivity index (χ0n) is 22.3. The summed E-state index contributed by atoms with van der Waals surface area (Å²) in [7, 11) is 0. The van der Waals surface area contributed by atoms with Crippen LogP contribution in [0.25, 0.3) is 11.3 Å². The second kappa shape index (κ2) is 11.5. The maximum absolute atomic E-state index is 14.2. The van der Waals surface area contributed by atoms with E-state index in [2.05, 4.69) is 32.8 Å². The van der Waals surface area contributed by atoms with E-state index in [9.17, 15) is 18.4 Å². The lowest BCUT2D eigenvalue weighted by molar-refractivity contribution is -0.128. The lowest BCUT2D eigenvalue weighted by Gasteiger charge is -2.43. The van der Waals surface area contributed by atoms with Crippen molar-refractivity contribution >= 4 is 11.8 Å². The Hall–Kier alpha value is -3.59. The quantitative estimate of drug-likeness (QED) is 0.432. The molecule has 0 radical (unpaired) electrons. The predicted molar refractivity (Wildman–Crippen MR) is 145 cm³/mol. The van der Waals surface area contributed by atoms with E-state index in [1.807, 2.05) is 18.2 Å². The number of rotatable bonds is 7. The van der Waals surface area contributed by atoms with Crippen molar-refractivity contribution in [2.45, 2.75) is 69.0 Å². The van der Waals surface area contributed by atoms with Crippen molar-refractivity contribution < 1.29 is 22.9 Å². The highest BCUT2D eigenvalue weighted by atomic mass is 19.1. The van der Waals surface area contributed by atoms with Gasteiger partial charge in [0.05, 0.1) is 11.5 Å². The van der Waals surface area contributed by atoms with Crippen molar-refractivity contribution in [2.75, 3.05) is 13.1 Å². The summed E-state index contributed by atoms with van der Waals surface area (Å²) in [6.45, 7) is 1.40. The predicted octanol–water partition coefficient (Wildman–Crippen LogP) is 5.05. The molecule has 3 aliphatic rings. The Labute approximate surface area is 232 Å². The van der Waals surface area contributed by atoms with Crippen molar-refractivity contribution in [2.24, 2.45) is 5.92 Å². The number of nitrogens with zero attached hydrogens (tertiary/aromatic N) is 2. The van der Waals surface area contributed by atoms with Crippen LogP contribution in [0, 0.1) is 17.6 Å². The van der Waals surface area contributed by atoms with Gasteiger partial charge in [-0.3, -0.25) is 14.5 Å². The number of likely N-dealkylation sites (tertiary alicyclic amines) is 1. The maximum atomic E-state index is 14.2. The average molecular weight is 549 g/mol. The minimum absolute atomic E-state index is 0.0149. The smallest absolute Gasteiger partial charge is 0.273 e. The molecule has 3 aromatic rings. The van der Waals surface area contributed by atoms with Gasteiger partial charge < -0.3 is 15.2 Å². The van der Waals surface area contributed by atoms with Crippen LogP contribution in [-0.4, -0.2) is 53.1 Å². The Morgan fingerprint density at radius 1 is 0.925 bits per heavy atom. The van der Waals surface area contributed by atoms with E-state index in [1.54, 1.807) is 0 Å². The number of nitrogens with one attached hydrogen (secondary N) is 2. The molecule has 7 nitrogen and oxygen atoms in total. The molecule has 2 N–H and O–H groups in total. The van der Waals surface area contributed by atoms with Gasteiger partial charge in [-0.2, -0.15) is 0 Å². The Morgan fingerprint density at radius 2 is 1.73 bits per heavy atom. The number of hydrogen-bond donors (Lipinski definition) is 2. The van der Waals surface area contributed by atoms with Gasteiger partial charge in [0, 0.05) is 49.3 Å². The molecular formula is C31H34F2N4O3. The van der Waals surface area contributed by atoms with Gasteiger partial charge in [-0.25, -0.2) is 8.78 Å². The summed E-state index contributed by atoms with van der Waals surface area (Å²) in [5, 5.41) is 10.1. The van der Waals surface area contributed by atoms with Gasteiger partial charge >= 0.3 is 0 Å².